The molecule has 0 saturated heterocycles. The summed E-state index contributed by atoms with van der Waals surface area (Å²) in [5, 5.41) is 15.0. The zero-order chi connectivity index (χ0) is 15.0. The smallest absolute Gasteiger partial charge is 0.258 e. The van der Waals surface area contributed by atoms with E-state index in [-0.39, 0.29) is 33.2 Å². The number of nitro groups is 1. The summed E-state index contributed by atoms with van der Waals surface area (Å²) in [6.45, 7) is 3.52. The van der Waals surface area contributed by atoms with Crippen LogP contribution in [-0.2, 0) is 0 Å². The van der Waals surface area contributed by atoms with Crippen molar-refractivity contribution in [2.75, 3.05) is 0 Å². The third-order valence-electron chi connectivity index (χ3n) is 2.71. The fraction of sp³-hybridized carbons (Fsp3) is 0.250. The molecule has 106 valence electrons. The molecule has 2 aromatic rings. The Morgan fingerprint density at radius 2 is 2.05 bits per heavy atom. The molecule has 0 aliphatic carbocycles. The van der Waals surface area contributed by atoms with Crippen LogP contribution < -0.4 is 0 Å². The van der Waals surface area contributed by atoms with Gasteiger partial charge >= 0.3 is 5.69 Å². The molecule has 0 amide bonds. The first-order valence-electron chi connectivity index (χ1n) is 5.71. The Balaban J connectivity index is 2.66. The van der Waals surface area contributed by atoms with Crippen LogP contribution in [0.3, 0.4) is 0 Å². The maximum Gasteiger partial charge on any atom is 0.329 e. The van der Waals surface area contributed by atoms with Gasteiger partial charge in [0.25, 0.3) is 0 Å². The van der Waals surface area contributed by atoms with Crippen LogP contribution >= 0.6 is 23.2 Å². The van der Waals surface area contributed by atoms with E-state index in [2.05, 4.69) is 5.10 Å². The fourth-order valence-electron chi connectivity index (χ4n) is 1.75. The van der Waals surface area contributed by atoms with Gasteiger partial charge in [0.15, 0.2) is 0 Å². The molecule has 0 fully saturated rings. The third kappa shape index (κ3) is 2.48. The average molecular weight is 318 g/mol. The van der Waals surface area contributed by atoms with Gasteiger partial charge in [0, 0.05) is 12.0 Å². The van der Waals surface area contributed by atoms with Crippen LogP contribution in [-0.4, -0.2) is 14.7 Å². The standard InChI is InChI=1S/C12H10Cl2FN3O2/c1-6(2)10-11(18(19)20)12(14)17(16-10)7-3-4-8(13)9(15)5-7/h3-6H,1-2H3. The summed E-state index contributed by atoms with van der Waals surface area (Å²) in [5.41, 5.74) is 0.249. The number of hydrogen-bond acceptors (Lipinski definition) is 3. The minimum Gasteiger partial charge on any atom is -0.258 e. The van der Waals surface area contributed by atoms with Crippen LogP contribution in [0.25, 0.3) is 5.69 Å². The lowest BCUT2D eigenvalue weighted by Gasteiger charge is -2.03. The van der Waals surface area contributed by atoms with Crippen molar-refractivity contribution in [1.82, 2.24) is 9.78 Å². The number of benzene rings is 1. The van der Waals surface area contributed by atoms with Crippen molar-refractivity contribution >= 4 is 28.9 Å². The van der Waals surface area contributed by atoms with Crippen molar-refractivity contribution in [2.45, 2.75) is 19.8 Å². The summed E-state index contributed by atoms with van der Waals surface area (Å²) in [6.07, 6.45) is 0. The fourth-order valence-corrected chi connectivity index (χ4v) is 2.17. The molecular formula is C12H10Cl2FN3O2. The molecule has 0 saturated carbocycles. The highest BCUT2D eigenvalue weighted by atomic mass is 35.5. The molecule has 1 aromatic heterocycles. The summed E-state index contributed by atoms with van der Waals surface area (Å²) < 4.78 is 14.6. The van der Waals surface area contributed by atoms with Crippen LogP contribution in [0.15, 0.2) is 18.2 Å². The molecule has 1 aromatic carbocycles. The summed E-state index contributed by atoms with van der Waals surface area (Å²) in [7, 11) is 0. The van der Waals surface area contributed by atoms with Gasteiger partial charge in [-0.25, -0.2) is 9.07 Å². The van der Waals surface area contributed by atoms with Crippen LogP contribution in [0.1, 0.15) is 25.5 Å². The molecule has 0 unspecified atom stereocenters. The van der Waals surface area contributed by atoms with E-state index in [1.165, 1.54) is 12.1 Å². The largest absolute Gasteiger partial charge is 0.329 e. The SMILES string of the molecule is CC(C)c1nn(-c2ccc(Cl)c(F)c2)c(Cl)c1[N+](=O)[O-]. The van der Waals surface area contributed by atoms with Crippen LogP contribution in [0.4, 0.5) is 10.1 Å². The van der Waals surface area contributed by atoms with Crippen molar-refractivity contribution in [3.8, 4) is 5.69 Å². The predicted molar refractivity (Wildman–Crippen MR) is 74.3 cm³/mol. The number of nitrogens with zero attached hydrogens (tertiary/aromatic N) is 3. The van der Waals surface area contributed by atoms with Gasteiger partial charge in [0.05, 0.1) is 15.6 Å². The van der Waals surface area contributed by atoms with E-state index < -0.39 is 10.7 Å². The zero-order valence-corrected chi connectivity index (χ0v) is 12.1. The van der Waals surface area contributed by atoms with E-state index >= 15 is 0 Å². The Hall–Kier alpha value is -1.66. The van der Waals surface area contributed by atoms with E-state index in [1.54, 1.807) is 13.8 Å². The molecule has 20 heavy (non-hydrogen) atoms. The summed E-state index contributed by atoms with van der Waals surface area (Å²) in [4.78, 5) is 10.5. The maximum atomic E-state index is 13.5. The minimum atomic E-state index is -0.649. The van der Waals surface area contributed by atoms with Gasteiger partial charge in [0.1, 0.15) is 11.5 Å². The monoisotopic (exact) mass is 317 g/mol. The van der Waals surface area contributed by atoms with E-state index in [4.69, 9.17) is 23.2 Å². The number of aromatic nitrogens is 2. The third-order valence-corrected chi connectivity index (χ3v) is 3.35. The first-order valence-corrected chi connectivity index (χ1v) is 6.46. The van der Waals surface area contributed by atoms with Gasteiger partial charge in [-0.15, -0.1) is 0 Å². The second kappa shape index (κ2) is 5.38. The topological polar surface area (TPSA) is 61.0 Å². The van der Waals surface area contributed by atoms with E-state index in [9.17, 15) is 14.5 Å². The van der Waals surface area contributed by atoms with Gasteiger partial charge in [-0.1, -0.05) is 37.0 Å². The first kappa shape index (κ1) is 14.7. The highest BCUT2D eigenvalue weighted by Crippen LogP contribution is 2.35. The van der Waals surface area contributed by atoms with Crippen molar-refractivity contribution in [2.24, 2.45) is 0 Å². The molecular weight excluding hydrogens is 308 g/mol. The van der Waals surface area contributed by atoms with Gasteiger partial charge < -0.3 is 0 Å². The van der Waals surface area contributed by atoms with Gasteiger partial charge in [0.2, 0.25) is 5.15 Å². The quantitative estimate of drug-likeness (QED) is 0.624. The molecule has 0 atom stereocenters. The Kier molecular flexibility index (Phi) is 3.96. The van der Waals surface area contributed by atoms with Gasteiger partial charge in [-0.3, -0.25) is 10.1 Å². The highest BCUT2D eigenvalue weighted by molar-refractivity contribution is 6.32. The molecule has 0 aliphatic heterocycles. The molecule has 8 heteroatoms. The number of hydrogen-bond donors (Lipinski definition) is 0. The number of halogens is 3. The van der Waals surface area contributed by atoms with E-state index in [1.807, 2.05) is 0 Å². The lowest BCUT2D eigenvalue weighted by Crippen LogP contribution is -1.99. The summed E-state index contributed by atoms with van der Waals surface area (Å²) in [6, 6.07) is 3.94. The molecule has 0 aliphatic rings. The Morgan fingerprint density at radius 1 is 1.40 bits per heavy atom. The molecule has 5 nitrogen and oxygen atoms in total. The maximum absolute atomic E-state index is 13.5. The Labute approximate surface area is 124 Å². The molecule has 1 heterocycles. The van der Waals surface area contributed by atoms with Gasteiger partial charge in [-0.05, 0) is 12.1 Å². The second-order valence-electron chi connectivity index (χ2n) is 4.45. The average Bonchev–Trinajstić information content (AvgIpc) is 2.71. The van der Waals surface area contributed by atoms with Crippen molar-refractivity contribution < 1.29 is 9.31 Å². The molecule has 0 N–H and O–H groups in total. The summed E-state index contributed by atoms with van der Waals surface area (Å²) >= 11 is 11.6. The molecule has 0 bridgehead atoms. The lowest BCUT2D eigenvalue weighted by molar-refractivity contribution is -0.385. The normalized spacial score (nSPS) is 11.1. The van der Waals surface area contributed by atoms with Crippen LogP contribution in [0.2, 0.25) is 10.2 Å². The van der Waals surface area contributed by atoms with Gasteiger partial charge in [-0.2, -0.15) is 5.10 Å². The second-order valence-corrected chi connectivity index (χ2v) is 5.21. The van der Waals surface area contributed by atoms with E-state index in [0.717, 1.165) is 10.7 Å². The molecule has 0 radical (unpaired) electrons. The minimum absolute atomic E-state index is 0.0457. The van der Waals surface area contributed by atoms with Crippen molar-refractivity contribution in [3.63, 3.8) is 0 Å². The Morgan fingerprint density at radius 3 is 2.50 bits per heavy atom. The van der Waals surface area contributed by atoms with Crippen LogP contribution in [0, 0.1) is 15.9 Å². The molecule has 2 rings (SSSR count). The predicted octanol–water partition coefficient (Wildman–Crippen LogP) is 4.35. The van der Waals surface area contributed by atoms with Crippen molar-refractivity contribution in [3.05, 3.63) is 50.0 Å². The Bertz CT molecular complexity index is 686. The van der Waals surface area contributed by atoms with E-state index in [0.29, 0.717) is 0 Å². The molecule has 0 spiro atoms. The van der Waals surface area contributed by atoms with Crippen molar-refractivity contribution in [1.29, 1.82) is 0 Å². The first-order chi connectivity index (χ1) is 9.32. The highest BCUT2D eigenvalue weighted by Gasteiger charge is 2.29. The summed E-state index contributed by atoms with van der Waals surface area (Å²) in [5.74, 6) is -0.837. The number of rotatable bonds is 3. The zero-order valence-electron chi connectivity index (χ0n) is 10.6. The van der Waals surface area contributed by atoms with Crippen LogP contribution in [0.5, 0.6) is 0 Å². The lowest BCUT2D eigenvalue weighted by atomic mass is 10.1.